The highest BCUT2D eigenvalue weighted by Crippen LogP contribution is 2.38. The van der Waals surface area contributed by atoms with Crippen LogP contribution in [-0.4, -0.2) is 11.9 Å². The molecule has 0 saturated carbocycles. The number of hydrogen-bond donors (Lipinski definition) is 2. The van der Waals surface area contributed by atoms with Crippen molar-refractivity contribution in [3.8, 4) is 17.2 Å². The molecule has 0 bridgehead atoms. The zero-order valence-corrected chi connectivity index (χ0v) is 11.4. The van der Waals surface area contributed by atoms with Crippen LogP contribution in [0.5, 0.6) is 17.2 Å². The molecule has 110 valence electrons. The summed E-state index contributed by atoms with van der Waals surface area (Å²) in [7, 11) is 0. The van der Waals surface area contributed by atoms with Gasteiger partial charge in [0, 0.05) is 24.2 Å². The second kappa shape index (κ2) is 5.29. The first kappa shape index (κ1) is 13.8. The summed E-state index contributed by atoms with van der Waals surface area (Å²) in [6.45, 7) is 0.175. The zero-order chi connectivity index (χ0) is 15.0. The van der Waals surface area contributed by atoms with E-state index in [1.54, 1.807) is 6.07 Å². The molecule has 0 atom stereocenters. The fourth-order valence-corrected chi connectivity index (χ4v) is 2.27. The van der Waals surface area contributed by atoms with Crippen LogP contribution in [0, 0.1) is 11.6 Å². The van der Waals surface area contributed by atoms with Gasteiger partial charge in [0.25, 0.3) is 0 Å². The highest BCUT2D eigenvalue weighted by Gasteiger charge is 2.17. The Kier molecular flexibility index (Phi) is 3.47. The van der Waals surface area contributed by atoms with Crippen molar-refractivity contribution >= 4 is 17.3 Å². The molecule has 0 aromatic heterocycles. The molecule has 0 unspecified atom stereocenters. The molecule has 1 aliphatic heterocycles. The van der Waals surface area contributed by atoms with Gasteiger partial charge in [0.1, 0.15) is 11.6 Å². The molecule has 2 aromatic rings. The summed E-state index contributed by atoms with van der Waals surface area (Å²) in [5.74, 6) is -0.642. The number of ether oxygens (including phenoxy) is 2. The minimum Gasteiger partial charge on any atom is -0.507 e. The van der Waals surface area contributed by atoms with Gasteiger partial charge in [0.15, 0.2) is 17.3 Å². The second-order valence-corrected chi connectivity index (χ2v) is 4.84. The van der Waals surface area contributed by atoms with E-state index in [0.717, 1.165) is 12.1 Å². The number of halogens is 3. The lowest BCUT2D eigenvalue weighted by atomic mass is 10.1. The number of hydrogen-bond acceptors (Lipinski definition) is 4. The van der Waals surface area contributed by atoms with E-state index in [1.165, 1.54) is 6.07 Å². The summed E-state index contributed by atoms with van der Waals surface area (Å²) >= 11 is 5.78. The van der Waals surface area contributed by atoms with Crippen molar-refractivity contribution in [2.24, 2.45) is 0 Å². The Morgan fingerprint density at radius 3 is 2.57 bits per heavy atom. The fourth-order valence-electron chi connectivity index (χ4n) is 2.01. The van der Waals surface area contributed by atoms with Crippen LogP contribution in [0.1, 0.15) is 5.56 Å². The number of fused-ring (bicyclic) bond motifs is 1. The lowest BCUT2D eigenvalue weighted by Gasteiger charge is -2.11. The Morgan fingerprint density at radius 1 is 1.14 bits per heavy atom. The maximum Gasteiger partial charge on any atom is 0.231 e. The fraction of sp³-hybridized carbons (Fsp3) is 0.143. The topological polar surface area (TPSA) is 50.7 Å². The van der Waals surface area contributed by atoms with Gasteiger partial charge in [-0.1, -0.05) is 11.6 Å². The van der Waals surface area contributed by atoms with Crippen molar-refractivity contribution in [1.29, 1.82) is 0 Å². The van der Waals surface area contributed by atoms with Crippen molar-refractivity contribution in [2.75, 3.05) is 12.1 Å². The SMILES string of the molecule is Oc1cc2c(cc1CNc1c(F)cc(F)cc1Cl)OCO2. The summed E-state index contributed by atoms with van der Waals surface area (Å²) in [6.07, 6.45) is 0. The van der Waals surface area contributed by atoms with Crippen molar-refractivity contribution in [3.63, 3.8) is 0 Å². The van der Waals surface area contributed by atoms with Crippen molar-refractivity contribution in [3.05, 3.63) is 46.5 Å². The molecule has 0 amide bonds. The molecular formula is C14H10ClF2NO3. The van der Waals surface area contributed by atoms with E-state index in [1.807, 2.05) is 0 Å². The first-order valence-corrected chi connectivity index (χ1v) is 6.42. The molecule has 0 aliphatic carbocycles. The van der Waals surface area contributed by atoms with Crippen LogP contribution in [0.4, 0.5) is 14.5 Å². The van der Waals surface area contributed by atoms with Gasteiger partial charge in [0.2, 0.25) is 6.79 Å². The highest BCUT2D eigenvalue weighted by molar-refractivity contribution is 6.33. The first-order valence-electron chi connectivity index (χ1n) is 6.04. The number of anilines is 1. The molecule has 21 heavy (non-hydrogen) atoms. The third kappa shape index (κ3) is 2.67. The van der Waals surface area contributed by atoms with Crippen LogP contribution in [-0.2, 0) is 6.54 Å². The van der Waals surface area contributed by atoms with Gasteiger partial charge in [0.05, 0.1) is 10.7 Å². The van der Waals surface area contributed by atoms with Crippen molar-refractivity contribution in [2.45, 2.75) is 6.54 Å². The third-order valence-electron chi connectivity index (χ3n) is 3.04. The molecule has 4 nitrogen and oxygen atoms in total. The van der Waals surface area contributed by atoms with E-state index in [-0.39, 0.29) is 29.8 Å². The number of phenols is 1. The predicted molar refractivity (Wildman–Crippen MR) is 72.9 cm³/mol. The predicted octanol–water partition coefficient (Wildman–Crippen LogP) is 3.66. The van der Waals surface area contributed by atoms with Crippen LogP contribution < -0.4 is 14.8 Å². The van der Waals surface area contributed by atoms with E-state index in [4.69, 9.17) is 21.1 Å². The van der Waals surface area contributed by atoms with Crippen LogP contribution in [0.15, 0.2) is 24.3 Å². The Balaban J connectivity index is 1.83. The van der Waals surface area contributed by atoms with Crippen molar-refractivity contribution < 1.29 is 23.4 Å². The number of nitrogens with one attached hydrogen (secondary N) is 1. The molecule has 1 aliphatic rings. The Bertz CT molecular complexity index is 686. The van der Waals surface area contributed by atoms with E-state index in [2.05, 4.69) is 5.32 Å². The van der Waals surface area contributed by atoms with E-state index < -0.39 is 11.6 Å². The number of benzene rings is 2. The number of phenolic OH excluding ortho intramolecular Hbond substituents is 1. The Hall–Kier alpha value is -2.21. The van der Waals surface area contributed by atoms with E-state index >= 15 is 0 Å². The molecule has 0 fully saturated rings. The molecule has 3 rings (SSSR count). The minimum atomic E-state index is -0.805. The maximum absolute atomic E-state index is 13.6. The van der Waals surface area contributed by atoms with Crippen LogP contribution >= 0.6 is 11.6 Å². The van der Waals surface area contributed by atoms with Gasteiger partial charge in [-0.2, -0.15) is 0 Å². The van der Waals surface area contributed by atoms with Crippen molar-refractivity contribution in [1.82, 2.24) is 0 Å². The minimum absolute atomic E-state index is 0.0228. The second-order valence-electron chi connectivity index (χ2n) is 4.43. The van der Waals surface area contributed by atoms with E-state index in [9.17, 15) is 13.9 Å². The molecule has 0 saturated heterocycles. The summed E-state index contributed by atoms with van der Waals surface area (Å²) in [6, 6.07) is 4.74. The molecule has 0 radical (unpaired) electrons. The summed E-state index contributed by atoms with van der Waals surface area (Å²) in [5.41, 5.74) is 0.439. The average Bonchev–Trinajstić information content (AvgIpc) is 2.84. The maximum atomic E-state index is 13.6. The highest BCUT2D eigenvalue weighted by atomic mass is 35.5. The largest absolute Gasteiger partial charge is 0.507 e. The Morgan fingerprint density at radius 2 is 1.86 bits per heavy atom. The normalized spacial score (nSPS) is 12.5. The first-order chi connectivity index (χ1) is 10.0. The third-order valence-corrected chi connectivity index (χ3v) is 3.33. The lowest BCUT2D eigenvalue weighted by Crippen LogP contribution is -2.03. The zero-order valence-electron chi connectivity index (χ0n) is 10.6. The molecule has 2 aromatic carbocycles. The lowest BCUT2D eigenvalue weighted by molar-refractivity contribution is 0.174. The molecular weight excluding hydrogens is 304 g/mol. The molecule has 1 heterocycles. The molecule has 7 heteroatoms. The van der Waals surface area contributed by atoms with Gasteiger partial charge in [-0.25, -0.2) is 8.78 Å². The van der Waals surface area contributed by atoms with Gasteiger partial charge >= 0.3 is 0 Å². The molecule has 2 N–H and O–H groups in total. The van der Waals surface area contributed by atoms with Gasteiger partial charge < -0.3 is 19.9 Å². The van der Waals surface area contributed by atoms with Gasteiger partial charge in [-0.3, -0.25) is 0 Å². The summed E-state index contributed by atoms with van der Waals surface area (Å²) < 4.78 is 36.9. The smallest absolute Gasteiger partial charge is 0.231 e. The van der Waals surface area contributed by atoms with Crippen LogP contribution in [0.2, 0.25) is 5.02 Å². The number of rotatable bonds is 3. The molecule has 0 spiro atoms. The summed E-state index contributed by atoms with van der Waals surface area (Å²) in [5, 5.41) is 12.5. The van der Waals surface area contributed by atoms with Crippen LogP contribution in [0.25, 0.3) is 0 Å². The van der Waals surface area contributed by atoms with Gasteiger partial charge in [-0.15, -0.1) is 0 Å². The average molecular weight is 314 g/mol. The van der Waals surface area contributed by atoms with Gasteiger partial charge in [-0.05, 0) is 12.1 Å². The number of aromatic hydroxyl groups is 1. The standard InChI is InChI=1S/C14H10ClF2NO3/c15-9-2-8(16)3-10(17)14(9)18-5-7-1-12-13(4-11(7)19)21-6-20-12/h1-4,18-19H,5-6H2. The summed E-state index contributed by atoms with van der Waals surface area (Å²) in [4.78, 5) is 0. The van der Waals surface area contributed by atoms with E-state index in [0.29, 0.717) is 17.1 Å². The monoisotopic (exact) mass is 313 g/mol. The quantitative estimate of drug-likeness (QED) is 0.908. The Labute approximate surface area is 123 Å². The van der Waals surface area contributed by atoms with Crippen LogP contribution in [0.3, 0.4) is 0 Å².